The lowest BCUT2D eigenvalue weighted by Crippen LogP contribution is -3.06. The summed E-state index contributed by atoms with van der Waals surface area (Å²) >= 11 is 0. The van der Waals surface area contributed by atoms with Crippen molar-refractivity contribution in [3.05, 3.63) is 35.9 Å². The highest BCUT2D eigenvalue weighted by molar-refractivity contribution is 5.84. The quantitative estimate of drug-likeness (QED) is 0.114. The first-order chi connectivity index (χ1) is 21.5. The van der Waals surface area contributed by atoms with Crippen LogP contribution in [0.5, 0.6) is 0 Å². The second-order valence-electron chi connectivity index (χ2n) is 12.8. The maximum atomic E-state index is 12.2. The fraction of sp³-hybridized carbons (Fsp3) is 0.676. The van der Waals surface area contributed by atoms with Crippen molar-refractivity contribution in [2.24, 2.45) is 29.6 Å². The molecule has 4 N–H and O–H groups in total. The predicted molar refractivity (Wildman–Crippen MR) is 171 cm³/mol. The number of hydrogen-bond acceptors (Lipinski definition) is 8. The van der Waals surface area contributed by atoms with Gasteiger partial charge >= 0.3 is 5.97 Å². The molecule has 1 aromatic carbocycles. The van der Waals surface area contributed by atoms with Crippen molar-refractivity contribution in [2.45, 2.75) is 59.8 Å². The molecular formula is C34H58N4O8. The molecule has 262 valence electrons. The average Bonchev–Trinajstić information content (AvgIpc) is 3.00. The van der Waals surface area contributed by atoms with Gasteiger partial charge in [0.05, 0.1) is 66.9 Å². The molecule has 0 aromatic heterocycles. The summed E-state index contributed by atoms with van der Waals surface area (Å²) in [6.07, 6.45) is 1.12. The molecule has 0 saturated heterocycles. The fourth-order valence-corrected chi connectivity index (χ4v) is 4.69. The number of ether oxygens (including phenoxy) is 1. The first-order valence-corrected chi connectivity index (χ1v) is 16.3. The molecule has 0 heterocycles. The van der Waals surface area contributed by atoms with Crippen molar-refractivity contribution in [3.63, 3.8) is 0 Å². The Morgan fingerprint density at radius 3 is 1.57 bits per heavy atom. The number of carboxylic acid groups (broad SMARTS) is 2. The Labute approximate surface area is 275 Å². The molecule has 0 saturated carbocycles. The van der Waals surface area contributed by atoms with Crippen LogP contribution in [0.15, 0.2) is 30.3 Å². The van der Waals surface area contributed by atoms with Gasteiger partial charge in [0.1, 0.15) is 0 Å². The number of carboxylic acids is 2. The number of quaternary nitrogens is 2. The average molecular weight is 651 g/mol. The summed E-state index contributed by atoms with van der Waals surface area (Å²) in [4.78, 5) is 61.3. The molecule has 1 aromatic rings. The minimum absolute atomic E-state index is 0.0262. The summed E-state index contributed by atoms with van der Waals surface area (Å²) in [5.41, 5.74) is 1.07. The Hall–Kier alpha value is -3.51. The third-order valence-electron chi connectivity index (χ3n) is 7.92. The maximum absolute atomic E-state index is 12.2. The summed E-state index contributed by atoms with van der Waals surface area (Å²) in [7, 11) is 7.93. The van der Waals surface area contributed by atoms with E-state index in [4.69, 9.17) is 4.74 Å². The summed E-state index contributed by atoms with van der Waals surface area (Å²) in [5, 5.41) is 28.4. The molecule has 0 aliphatic carbocycles. The molecular weight excluding hydrogens is 592 g/mol. The molecule has 0 radical (unpaired) electrons. The minimum atomic E-state index is -1.32. The molecule has 0 bridgehead atoms. The van der Waals surface area contributed by atoms with Crippen LogP contribution in [0.3, 0.4) is 0 Å². The molecule has 2 amide bonds. The summed E-state index contributed by atoms with van der Waals surface area (Å²) < 4.78 is 5.01. The molecule has 12 nitrogen and oxygen atoms in total. The van der Waals surface area contributed by atoms with Crippen molar-refractivity contribution < 1.29 is 48.7 Å². The summed E-state index contributed by atoms with van der Waals surface area (Å²) in [5.74, 6) is -7.21. The lowest BCUT2D eigenvalue weighted by molar-refractivity contribution is -0.856. The Morgan fingerprint density at radius 2 is 1.17 bits per heavy atom. The molecule has 1 rings (SSSR count). The topological polar surface area (TPSA) is 174 Å². The van der Waals surface area contributed by atoms with Gasteiger partial charge in [-0.1, -0.05) is 65.0 Å². The Morgan fingerprint density at radius 1 is 0.739 bits per heavy atom. The van der Waals surface area contributed by atoms with E-state index in [1.54, 1.807) is 20.8 Å². The van der Waals surface area contributed by atoms with E-state index in [0.29, 0.717) is 32.5 Å². The number of esters is 1. The first-order valence-electron chi connectivity index (χ1n) is 16.3. The number of hydrogen-bond donors (Lipinski definition) is 4. The van der Waals surface area contributed by atoms with Crippen molar-refractivity contribution in [1.82, 2.24) is 10.6 Å². The van der Waals surface area contributed by atoms with Crippen molar-refractivity contribution in [2.75, 3.05) is 61.0 Å². The summed E-state index contributed by atoms with van der Waals surface area (Å²) in [6, 6.07) is 9.73. The number of benzene rings is 1. The SMILES string of the molecule is CC(CC(C(=O)[O-])C(C)C(=O)NCC[NH+](C)C)c1ccccc1.CCCOC(=O)C(C)CC(C(=O)[O-])C(C)C(=O)NCC[NH+](C)C. The van der Waals surface area contributed by atoms with Gasteiger partial charge in [-0.05, 0) is 30.7 Å². The molecule has 6 atom stereocenters. The van der Waals surface area contributed by atoms with E-state index in [1.165, 1.54) is 9.80 Å². The third-order valence-corrected chi connectivity index (χ3v) is 7.92. The number of carbonyl (C=O) groups excluding carboxylic acids is 5. The van der Waals surface area contributed by atoms with E-state index >= 15 is 0 Å². The standard InChI is InChI=1S/C18H28N2O3.C16H30N2O5/c1-13(15-8-6-5-7-9-15)12-16(18(22)23)14(2)17(21)19-10-11-20(3)4;1-6-9-23-16(22)11(2)10-13(15(20)21)12(3)14(19)17-7-8-18(4)5/h5-9,13-14,16H,10-12H2,1-4H3,(H,19,21)(H,22,23);11-13H,6-10H2,1-5H3,(H,17,19)(H,20,21). The van der Waals surface area contributed by atoms with Crippen LogP contribution in [0.4, 0.5) is 0 Å². The minimum Gasteiger partial charge on any atom is -0.550 e. The number of nitrogens with one attached hydrogen (secondary N) is 4. The van der Waals surface area contributed by atoms with Crippen molar-refractivity contribution in [1.29, 1.82) is 0 Å². The monoisotopic (exact) mass is 650 g/mol. The summed E-state index contributed by atoms with van der Waals surface area (Å²) in [6.45, 7) is 11.5. The van der Waals surface area contributed by atoms with Crippen molar-refractivity contribution >= 4 is 29.7 Å². The highest BCUT2D eigenvalue weighted by atomic mass is 16.5. The number of amides is 2. The molecule has 0 aliphatic rings. The predicted octanol–water partition coefficient (Wildman–Crippen LogP) is -2.33. The Kier molecular flexibility index (Phi) is 21.2. The van der Waals surface area contributed by atoms with Crippen LogP contribution in [0.2, 0.25) is 0 Å². The lowest BCUT2D eigenvalue weighted by atomic mass is 9.83. The third kappa shape index (κ3) is 17.3. The Bertz CT molecular complexity index is 1070. The second-order valence-corrected chi connectivity index (χ2v) is 12.8. The van der Waals surface area contributed by atoms with E-state index in [9.17, 15) is 34.2 Å². The van der Waals surface area contributed by atoms with Crippen LogP contribution in [0, 0.1) is 29.6 Å². The largest absolute Gasteiger partial charge is 0.550 e. The van der Waals surface area contributed by atoms with E-state index < -0.39 is 47.5 Å². The highest BCUT2D eigenvalue weighted by Gasteiger charge is 2.30. The fourth-order valence-electron chi connectivity index (χ4n) is 4.69. The molecule has 0 spiro atoms. The van der Waals surface area contributed by atoms with Crippen LogP contribution in [0.1, 0.15) is 65.4 Å². The van der Waals surface area contributed by atoms with Gasteiger partial charge in [-0.15, -0.1) is 0 Å². The van der Waals surface area contributed by atoms with Gasteiger partial charge in [-0.2, -0.15) is 0 Å². The van der Waals surface area contributed by atoms with Gasteiger partial charge in [0.2, 0.25) is 11.8 Å². The normalized spacial score (nSPS) is 14.9. The molecule has 12 heteroatoms. The van der Waals surface area contributed by atoms with E-state index in [-0.39, 0.29) is 24.2 Å². The zero-order valence-electron chi connectivity index (χ0n) is 29.3. The van der Waals surface area contributed by atoms with Gasteiger partial charge < -0.3 is 45.0 Å². The molecule has 0 fully saturated rings. The Balaban J connectivity index is 0.000000880. The van der Waals surface area contributed by atoms with Crippen LogP contribution < -0.4 is 30.6 Å². The highest BCUT2D eigenvalue weighted by Crippen LogP contribution is 2.27. The molecule has 46 heavy (non-hydrogen) atoms. The number of carbonyl (C=O) groups is 5. The zero-order valence-corrected chi connectivity index (χ0v) is 29.3. The zero-order chi connectivity index (χ0) is 35.4. The van der Waals surface area contributed by atoms with Crippen LogP contribution >= 0.6 is 0 Å². The molecule has 6 unspecified atom stereocenters. The van der Waals surface area contributed by atoms with Crippen LogP contribution in [-0.2, 0) is 28.7 Å². The maximum Gasteiger partial charge on any atom is 0.308 e. The van der Waals surface area contributed by atoms with E-state index in [1.807, 2.05) is 72.4 Å². The first kappa shape index (κ1) is 42.5. The van der Waals surface area contributed by atoms with Gasteiger partial charge in [0.15, 0.2) is 0 Å². The van der Waals surface area contributed by atoms with E-state index in [0.717, 1.165) is 18.7 Å². The smallest absolute Gasteiger partial charge is 0.308 e. The van der Waals surface area contributed by atoms with Gasteiger partial charge in [-0.25, -0.2) is 0 Å². The van der Waals surface area contributed by atoms with Crippen molar-refractivity contribution in [3.8, 4) is 0 Å². The van der Waals surface area contributed by atoms with Gasteiger partial charge in [-0.3, -0.25) is 14.4 Å². The molecule has 0 aliphatic heterocycles. The second kappa shape index (κ2) is 22.9. The number of aliphatic carboxylic acids is 2. The van der Waals surface area contributed by atoms with Gasteiger partial charge in [0.25, 0.3) is 0 Å². The number of rotatable bonds is 20. The lowest BCUT2D eigenvalue weighted by Gasteiger charge is -2.27. The van der Waals surface area contributed by atoms with Crippen LogP contribution in [-0.4, -0.2) is 90.7 Å². The number of likely N-dealkylation sites (N-methyl/N-ethyl adjacent to an activating group) is 2. The van der Waals surface area contributed by atoms with E-state index in [2.05, 4.69) is 10.6 Å². The van der Waals surface area contributed by atoms with Crippen LogP contribution in [0.25, 0.3) is 0 Å². The van der Waals surface area contributed by atoms with Gasteiger partial charge in [0, 0.05) is 35.6 Å².